The van der Waals surface area contributed by atoms with Crippen molar-refractivity contribution in [3.05, 3.63) is 112 Å². The number of aliphatic imine (C=N–C) groups is 1. The van der Waals surface area contributed by atoms with Gasteiger partial charge >= 0.3 is 0 Å². The number of rotatable bonds is 5. The molecule has 0 spiro atoms. The van der Waals surface area contributed by atoms with Crippen LogP contribution in [0.15, 0.2) is 83.9 Å². The molecule has 2 atom stereocenters. The molecule has 1 saturated heterocycles. The van der Waals surface area contributed by atoms with Crippen molar-refractivity contribution in [2.75, 3.05) is 18.1 Å². The molecular weight excluding hydrogens is 413 g/mol. The summed E-state index contributed by atoms with van der Waals surface area (Å²) >= 11 is 0. The van der Waals surface area contributed by atoms with E-state index in [2.05, 4.69) is 4.99 Å². The number of hydrogen-bond donors (Lipinski definition) is 0. The second-order valence-electron chi connectivity index (χ2n) is 7.54. The Morgan fingerprint density at radius 2 is 1.78 bits per heavy atom. The Labute approximate surface area is 183 Å². The summed E-state index contributed by atoms with van der Waals surface area (Å²) in [6.45, 7) is 1.37. The molecule has 0 amide bonds. The van der Waals surface area contributed by atoms with Crippen molar-refractivity contribution in [1.29, 1.82) is 0 Å². The highest BCUT2D eigenvalue weighted by Crippen LogP contribution is 2.43. The van der Waals surface area contributed by atoms with Crippen molar-refractivity contribution < 1.29 is 18.8 Å². The first-order valence-electron chi connectivity index (χ1n) is 10.1. The van der Waals surface area contributed by atoms with E-state index in [0.29, 0.717) is 23.4 Å². The minimum atomic E-state index is -1.98. The van der Waals surface area contributed by atoms with E-state index in [0.717, 1.165) is 5.56 Å². The Hall–Kier alpha value is -3.78. The third-order valence-electron chi connectivity index (χ3n) is 5.57. The fraction of sp³-hybridized carbons (Fsp3) is 0.167. The highest BCUT2D eigenvalue weighted by Gasteiger charge is 2.46. The summed E-state index contributed by atoms with van der Waals surface area (Å²) in [5.41, 5.74) is 1.94. The lowest BCUT2D eigenvalue weighted by Gasteiger charge is -2.32. The van der Waals surface area contributed by atoms with Crippen LogP contribution in [0.2, 0.25) is 0 Å². The van der Waals surface area contributed by atoms with Gasteiger partial charge in [0.15, 0.2) is 6.73 Å². The minimum absolute atomic E-state index is 0.137. The second-order valence-corrected chi connectivity index (χ2v) is 7.54. The zero-order valence-electron chi connectivity index (χ0n) is 16.9. The lowest BCUT2D eigenvalue weighted by molar-refractivity contribution is -0.384. The van der Waals surface area contributed by atoms with Gasteiger partial charge in [-0.15, -0.1) is 0 Å². The number of non-ortho nitro benzene ring substituents is 1. The average molecular weight is 432 g/mol. The molecule has 1 radical (unpaired) electrons. The molecule has 5 rings (SSSR count). The van der Waals surface area contributed by atoms with Crippen LogP contribution in [0.4, 0.5) is 15.8 Å². The van der Waals surface area contributed by atoms with Gasteiger partial charge < -0.3 is 14.4 Å². The topological polar surface area (TPSA) is 77.2 Å². The predicted molar refractivity (Wildman–Crippen MR) is 117 cm³/mol. The number of nitro benzene ring substituents is 1. The Bertz CT molecular complexity index is 1170. The minimum Gasteiger partial charge on any atom is -0.475 e. The van der Waals surface area contributed by atoms with E-state index in [1.54, 1.807) is 30.3 Å². The van der Waals surface area contributed by atoms with Gasteiger partial charge in [0, 0.05) is 17.7 Å². The van der Waals surface area contributed by atoms with E-state index >= 15 is 4.39 Å². The van der Waals surface area contributed by atoms with Gasteiger partial charge in [0.1, 0.15) is 19.3 Å². The van der Waals surface area contributed by atoms with Crippen LogP contribution < -0.4 is 4.90 Å². The Kier molecular flexibility index (Phi) is 5.07. The van der Waals surface area contributed by atoms with Crippen molar-refractivity contribution in [2.24, 2.45) is 4.99 Å². The second kappa shape index (κ2) is 8.05. The maximum absolute atomic E-state index is 16.2. The molecule has 161 valence electrons. The van der Waals surface area contributed by atoms with Crippen LogP contribution in [0.3, 0.4) is 0 Å². The van der Waals surface area contributed by atoms with Crippen LogP contribution in [-0.4, -0.2) is 24.0 Å². The summed E-state index contributed by atoms with van der Waals surface area (Å²) < 4.78 is 27.4. The normalized spacial score (nSPS) is 22.5. The van der Waals surface area contributed by atoms with Gasteiger partial charge in [-0.05, 0) is 11.6 Å². The quantitative estimate of drug-likeness (QED) is 0.326. The molecule has 1 fully saturated rings. The fourth-order valence-electron chi connectivity index (χ4n) is 3.93. The van der Waals surface area contributed by atoms with Gasteiger partial charge in [-0.3, -0.25) is 10.1 Å². The van der Waals surface area contributed by atoms with Crippen molar-refractivity contribution in [2.45, 2.75) is 11.8 Å². The number of halogens is 1. The van der Waals surface area contributed by atoms with Gasteiger partial charge in [0.25, 0.3) is 5.69 Å². The third kappa shape index (κ3) is 3.48. The van der Waals surface area contributed by atoms with E-state index in [1.807, 2.05) is 30.3 Å². The van der Waals surface area contributed by atoms with Gasteiger partial charge in [-0.1, -0.05) is 60.7 Å². The molecule has 32 heavy (non-hydrogen) atoms. The average Bonchev–Trinajstić information content (AvgIpc) is 3.48. The molecular formula is C24H19FN3O4. The first kappa shape index (κ1) is 20.1. The molecule has 7 nitrogen and oxygen atoms in total. The molecule has 2 aliphatic rings. The molecule has 0 aromatic heterocycles. The monoisotopic (exact) mass is 432 g/mol. The summed E-state index contributed by atoms with van der Waals surface area (Å²) in [7, 11) is 0. The maximum atomic E-state index is 16.2. The summed E-state index contributed by atoms with van der Waals surface area (Å²) in [6, 6.07) is 22.2. The van der Waals surface area contributed by atoms with Crippen LogP contribution in [0.25, 0.3) is 0 Å². The molecule has 3 aromatic carbocycles. The van der Waals surface area contributed by atoms with Gasteiger partial charge in [0.05, 0.1) is 16.2 Å². The Balaban J connectivity index is 1.59. The molecule has 0 bridgehead atoms. The maximum Gasteiger partial charge on any atom is 0.270 e. The van der Waals surface area contributed by atoms with E-state index in [-0.39, 0.29) is 24.2 Å². The van der Waals surface area contributed by atoms with Gasteiger partial charge in [-0.25, -0.2) is 9.38 Å². The zero-order chi connectivity index (χ0) is 22.1. The Morgan fingerprint density at radius 1 is 1.06 bits per heavy atom. The van der Waals surface area contributed by atoms with Crippen molar-refractivity contribution in [1.82, 2.24) is 0 Å². The number of benzene rings is 3. The number of alkyl halides is 1. The summed E-state index contributed by atoms with van der Waals surface area (Å²) in [5.74, 6) is -1.75. The van der Waals surface area contributed by atoms with Crippen molar-refractivity contribution >= 4 is 17.3 Å². The van der Waals surface area contributed by atoms with E-state index in [1.165, 1.54) is 29.8 Å². The highest BCUT2D eigenvalue weighted by molar-refractivity contribution is 6.01. The first-order valence-corrected chi connectivity index (χ1v) is 10.1. The van der Waals surface area contributed by atoms with E-state index in [9.17, 15) is 10.1 Å². The number of nitrogens with zero attached hydrogens (tertiary/aromatic N) is 3. The molecule has 0 N–H and O–H groups in total. The molecule has 8 heteroatoms. The lowest BCUT2D eigenvalue weighted by Crippen LogP contribution is -2.38. The van der Waals surface area contributed by atoms with Crippen LogP contribution in [-0.2, 0) is 15.3 Å². The van der Waals surface area contributed by atoms with Gasteiger partial charge in [0.2, 0.25) is 11.7 Å². The van der Waals surface area contributed by atoms with Crippen molar-refractivity contribution in [3.8, 4) is 0 Å². The van der Waals surface area contributed by atoms with Gasteiger partial charge in [-0.2, -0.15) is 0 Å². The lowest BCUT2D eigenvalue weighted by atomic mass is 10.0. The molecule has 2 heterocycles. The molecule has 0 unspecified atom stereocenters. The standard InChI is InChI=1S/C24H19FN3O4/c25-24(18-9-5-2-6-10-18)15-31-16-27(24)22-12-11-19(28(29)30)13-20(22)23-26-21(14-32-23)17-7-3-1-4-8-17/h1-13,16,21H,14-15H2/t21-,24+/m0/s1. The predicted octanol–water partition coefficient (Wildman–Crippen LogP) is 4.89. The largest absolute Gasteiger partial charge is 0.475 e. The smallest absolute Gasteiger partial charge is 0.270 e. The third-order valence-corrected chi connectivity index (χ3v) is 5.57. The molecule has 3 aromatic rings. The zero-order valence-corrected chi connectivity index (χ0v) is 16.9. The van der Waals surface area contributed by atoms with Crippen LogP contribution in [0, 0.1) is 16.8 Å². The van der Waals surface area contributed by atoms with Crippen LogP contribution in [0.1, 0.15) is 22.7 Å². The summed E-state index contributed by atoms with van der Waals surface area (Å²) in [4.78, 5) is 16.9. The SMILES string of the molecule is O=[N+]([O-])c1ccc(N2[CH]OC[C@]2(F)c2ccccc2)c(C2=N[C@H](c3ccccc3)CO2)c1. The number of anilines is 1. The van der Waals surface area contributed by atoms with Crippen LogP contribution >= 0.6 is 0 Å². The Morgan fingerprint density at radius 3 is 2.50 bits per heavy atom. The van der Waals surface area contributed by atoms with Crippen molar-refractivity contribution in [3.63, 3.8) is 0 Å². The molecule has 0 aliphatic carbocycles. The molecule has 2 aliphatic heterocycles. The number of nitro groups is 1. The highest BCUT2D eigenvalue weighted by atomic mass is 19.1. The number of ether oxygens (including phenoxy) is 2. The number of hydrogen-bond acceptors (Lipinski definition) is 6. The van der Waals surface area contributed by atoms with E-state index < -0.39 is 10.7 Å². The van der Waals surface area contributed by atoms with E-state index in [4.69, 9.17) is 9.47 Å². The summed E-state index contributed by atoms with van der Waals surface area (Å²) in [5, 5.41) is 11.4. The first-order chi connectivity index (χ1) is 15.6. The molecule has 0 saturated carbocycles. The fourth-order valence-corrected chi connectivity index (χ4v) is 3.93. The summed E-state index contributed by atoms with van der Waals surface area (Å²) in [6.07, 6.45) is 0. The van der Waals surface area contributed by atoms with Crippen LogP contribution in [0.5, 0.6) is 0 Å².